The molecule has 0 spiro atoms. The SMILES string of the molecule is CCO[Si](OCC)(OCC)c1ccccc1S(=O)(=O)O. The Kier molecular flexibility index (Phi) is 6.30. The molecule has 20 heavy (non-hydrogen) atoms. The fourth-order valence-electron chi connectivity index (χ4n) is 1.87. The van der Waals surface area contributed by atoms with Gasteiger partial charge in [0.15, 0.2) is 0 Å². The fourth-order valence-corrected chi connectivity index (χ4v) is 5.77. The Morgan fingerprint density at radius 2 is 1.45 bits per heavy atom. The molecule has 0 aliphatic rings. The summed E-state index contributed by atoms with van der Waals surface area (Å²) in [6, 6.07) is 6.04. The monoisotopic (exact) mass is 320 g/mol. The number of hydrogen-bond acceptors (Lipinski definition) is 5. The summed E-state index contributed by atoms with van der Waals surface area (Å²) in [4.78, 5) is -0.234. The minimum Gasteiger partial charge on any atom is -0.370 e. The molecule has 0 heterocycles. The molecule has 0 saturated heterocycles. The highest BCUT2D eigenvalue weighted by Gasteiger charge is 2.46. The first-order valence-electron chi connectivity index (χ1n) is 6.40. The molecule has 0 aliphatic heterocycles. The van der Waals surface area contributed by atoms with Gasteiger partial charge >= 0.3 is 8.80 Å². The molecular weight excluding hydrogens is 300 g/mol. The van der Waals surface area contributed by atoms with Crippen LogP contribution in [0.3, 0.4) is 0 Å². The standard InChI is InChI=1S/C12H20O6SSi/c1-4-16-20(17-5-2,18-6-3)12-10-8-7-9-11(12)19(13,14)15/h7-10H,4-6H2,1-3H3,(H,13,14,15). The van der Waals surface area contributed by atoms with Gasteiger partial charge in [-0.3, -0.25) is 4.55 Å². The van der Waals surface area contributed by atoms with Crippen molar-refractivity contribution in [2.45, 2.75) is 25.7 Å². The Morgan fingerprint density at radius 3 is 1.85 bits per heavy atom. The van der Waals surface area contributed by atoms with E-state index in [1.807, 2.05) is 0 Å². The van der Waals surface area contributed by atoms with Crippen LogP contribution in [0.25, 0.3) is 0 Å². The predicted molar refractivity (Wildman–Crippen MR) is 76.5 cm³/mol. The molecule has 1 N–H and O–H groups in total. The van der Waals surface area contributed by atoms with Crippen molar-refractivity contribution in [2.75, 3.05) is 19.8 Å². The lowest BCUT2D eigenvalue weighted by molar-refractivity contribution is 0.0853. The third-order valence-corrected chi connectivity index (χ3v) is 6.69. The summed E-state index contributed by atoms with van der Waals surface area (Å²) >= 11 is 0. The molecule has 0 radical (unpaired) electrons. The van der Waals surface area contributed by atoms with Gasteiger partial charge < -0.3 is 13.3 Å². The minimum atomic E-state index is -4.38. The van der Waals surface area contributed by atoms with E-state index in [9.17, 15) is 13.0 Å². The second-order valence-corrected chi connectivity index (χ2v) is 7.73. The predicted octanol–water partition coefficient (Wildman–Crippen LogP) is 1.19. The lowest BCUT2D eigenvalue weighted by atomic mass is 10.4. The van der Waals surface area contributed by atoms with E-state index in [-0.39, 0.29) is 10.1 Å². The summed E-state index contributed by atoms with van der Waals surface area (Å²) in [6.07, 6.45) is 0. The Balaban J connectivity index is 3.47. The zero-order valence-corrected chi connectivity index (χ0v) is 13.6. The highest BCUT2D eigenvalue weighted by Crippen LogP contribution is 2.16. The van der Waals surface area contributed by atoms with E-state index in [0.29, 0.717) is 19.8 Å². The molecule has 0 aliphatic carbocycles. The van der Waals surface area contributed by atoms with E-state index in [1.165, 1.54) is 12.1 Å². The normalized spacial score (nSPS) is 12.6. The molecule has 1 aromatic rings. The first-order chi connectivity index (χ1) is 9.41. The fraction of sp³-hybridized carbons (Fsp3) is 0.500. The van der Waals surface area contributed by atoms with Gasteiger partial charge in [-0.25, -0.2) is 0 Å². The molecule has 1 aromatic carbocycles. The third-order valence-electron chi connectivity index (χ3n) is 2.50. The Morgan fingerprint density at radius 1 is 1.00 bits per heavy atom. The van der Waals surface area contributed by atoms with Crippen LogP contribution >= 0.6 is 0 Å². The molecule has 0 aromatic heterocycles. The highest BCUT2D eigenvalue weighted by atomic mass is 32.2. The van der Waals surface area contributed by atoms with Gasteiger partial charge in [-0.15, -0.1) is 0 Å². The van der Waals surface area contributed by atoms with Gasteiger partial charge in [0, 0.05) is 25.0 Å². The number of rotatable bonds is 8. The summed E-state index contributed by atoms with van der Waals surface area (Å²) in [5.74, 6) is 0. The first-order valence-corrected chi connectivity index (χ1v) is 9.56. The smallest absolute Gasteiger partial charge is 0.370 e. The molecule has 0 amide bonds. The van der Waals surface area contributed by atoms with Crippen molar-refractivity contribution in [2.24, 2.45) is 0 Å². The molecule has 0 unspecified atom stereocenters. The van der Waals surface area contributed by atoms with Crippen molar-refractivity contribution < 1.29 is 26.2 Å². The van der Waals surface area contributed by atoms with E-state index in [2.05, 4.69) is 0 Å². The molecular formula is C12H20O6SSi. The van der Waals surface area contributed by atoms with Gasteiger partial charge in [0.1, 0.15) is 4.90 Å². The zero-order chi connectivity index (χ0) is 15.2. The topological polar surface area (TPSA) is 82.1 Å². The molecule has 0 fully saturated rings. The van der Waals surface area contributed by atoms with Crippen LogP contribution in [0.15, 0.2) is 29.2 Å². The van der Waals surface area contributed by atoms with Crippen molar-refractivity contribution in [1.82, 2.24) is 0 Å². The zero-order valence-electron chi connectivity index (χ0n) is 11.8. The van der Waals surface area contributed by atoms with Crippen LogP contribution < -0.4 is 5.19 Å². The maximum Gasteiger partial charge on any atom is 0.538 e. The van der Waals surface area contributed by atoms with Crippen LogP contribution in [0.4, 0.5) is 0 Å². The summed E-state index contributed by atoms with van der Waals surface area (Å²) < 4.78 is 49.4. The van der Waals surface area contributed by atoms with Crippen molar-refractivity contribution in [1.29, 1.82) is 0 Å². The Labute approximate surface area is 120 Å². The van der Waals surface area contributed by atoms with E-state index >= 15 is 0 Å². The molecule has 6 nitrogen and oxygen atoms in total. The van der Waals surface area contributed by atoms with Crippen molar-refractivity contribution in [3.8, 4) is 0 Å². The van der Waals surface area contributed by atoms with Crippen LogP contribution in [0.1, 0.15) is 20.8 Å². The van der Waals surface area contributed by atoms with Crippen LogP contribution in [0.5, 0.6) is 0 Å². The number of hydrogen-bond donors (Lipinski definition) is 1. The van der Waals surface area contributed by atoms with E-state index in [0.717, 1.165) is 0 Å². The minimum absolute atomic E-state index is 0.234. The Hall–Kier alpha value is -0.773. The maximum atomic E-state index is 11.5. The van der Waals surface area contributed by atoms with Gasteiger partial charge in [-0.2, -0.15) is 8.42 Å². The van der Waals surface area contributed by atoms with Crippen LogP contribution in [0.2, 0.25) is 0 Å². The highest BCUT2D eigenvalue weighted by molar-refractivity contribution is 7.86. The molecule has 8 heteroatoms. The maximum absolute atomic E-state index is 11.5. The van der Waals surface area contributed by atoms with Crippen LogP contribution in [0, 0.1) is 0 Å². The third kappa shape index (κ3) is 3.87. The van der Waals surface area contributed by atoms with Crippen molar-refractivity contribution in [3.63, 3.8) is 0 Å². The van der Waals surface area contributed by atoms with Crippen molar-refractivity contribution in [3.05, 3.63) is 24.3 Å². The average molecular weight is 320 g/mol. The molecule has 0 atom stereocenters. The van der Waals surface area contributed by atoms with Gasteiger partial charge in [-0.1, -0.05) is 18.2 Å². The molecule has 0 saturated carbocycles. The van der Waals surface area contributed by atoms with Gasteiger partial charge in [0.05, 0.1) is 0 Å². The summed E-state index contributed by atoms with van der Waals surface area (Å²) in [6.45, 7) is 6.26. The number of benzene rings is 1. The van der Waals surface area contributed by atoms with Gasteiger partial charge in [0.25, 0.3) is 10.1 Å². The average Bonchev–Trinajstić information content (AvgIpc) is 2.38. The lowest BCUT2D eigenvalue weighted by Gasteiger charge is -2.29. The van der Waals surface area contributed by atoms with E-state index < -0.39 is 18.9 Å². The van der Waals surface area contributed by atoms with Gasteiger partial charge in [-0.05, 0) is 26.8 Å². The van der Waals surface area contributed by atoms with Crippen molar-refractivity contribution >= 4 is 24.1 Å². The summed E-state index contributed by atoms with van der Waals surface area (Å²) in [7, 11) is -7.74. The first kappa shape index (κ1) is 17.3. The second kappa shape index (κ2) is 7.30. The molecule has 0 bridgehead atoms. The second-order valence-electron chi connectivity index (χ2n) is 3.83. The molecule has 1 rings (SSSR count). The van der Waals surface area contributed by atoms with Gasteiger partial charge in [0.2, 0.25) is 0 Å². The van der Waals surface area contributed by atoms with E-state index in [1.54, 1.807) is 32.9 Å². The molecule has 114 valence electrons. The largest absolute Gasteiger partial charge is 0.538 e. The summed E-state index contributed by atoms with van der Waals surface area (Å²) in [5, 5.41) is 0.257. The quantitative estimate of drug-likeness (QED) is 0.572. The summed E-state index contributed by atoms with van der Waals surface area (Å²) in [5.41, 5.74) is 0. The van der Waals surface area contributed by atoms with E-state index in [4.69, 9.17) is 13.3 Å². The van der Waals surface area contributed by atoms with Crippen LogP contribution in [-0.2, 0) is 23.4 Å². The van der Waals surface area contributed by atoms with Crippen LogP contribution in [-0.4, -0.2) is 41.6 Å². The lowest BCUT2D eigenvalue weighted by Crippen LogP contribution is -2.58. The Bertz CT molecular complexity index is 513.